The molecule has 1 N–H and O–H groups in total. The molecule has 0 aliphatic carbocycles. The zero-order chi connectivity index (χ0) is 18.9. The van der Waals surface area contributed by atoms with E-state index in [1.807, 2.05) is 38.1 Å². The monoisotopic (exact) mass is 348 g/mol. The van der Waals surface area contributed by atoms with E-state index in [1.165, 1.54) is 0 Å². The van der Waals surface area contributed by atoms with Gasteiger partial charge in [-0.15, -0.1) is 0 Å². The molecule has 5 nitrogen and oxygen atoms in total. The quantitative estimate of drug-likeness (QED) is 0.661. The molecule has 0 aliphatic rings. The first-order valence-corrected chi connectivity index (χ1v) is 9.08. The summed E-state index contributed by atoms with van der Waals surface area (Å²) >= 11 is 0. The van der Waals surface area contributed by atoms with Gasteiger partial charge < -0.3 is 15.0 Å². The molecule has 0 spiro atoms. The first kappa shape index (κ1) is 21.0. The molecule has 0 aliphatic heterocycles. The summed E-state index contributed by atoms with van der Waals surface area (Å²) in [6.07, 6.45) is 2.43. The van der Waals surface area contributed by atoms with E-state index in [2.05, 4.69) is 5.32 Å². The van der Waals surface area contributed by atoms with Gasteiger partial charge in [0.1, 0.15) is 11.2 Å². The van der Waals surface area contributed by atoms with E-state index in [9.17, 15) is 9.59 Å². The summed E-state index contributed by atoms with van der Waals surface area (Å²) < 4.78 is 5.32. The Labute approximate surface area is 151 Å². The summed E-state index contributed by atoms with van der Waals surface area (Å²) in [7, 11) is 1.63. The molecular weight excluding hydrogens is 316 g/mol. The van der Waals surface area contributed by atoms with Crippen molar-refractivity contribution >= 4 is 11.8 Å². The van der Waals surface area contributed by atoms with Gasteiger partial charge in [0.15, 0.2) is 0 Å². The van der Waals surface area contributed by atoms with Crippen molar-refractivity contribution in [2.75, 3.05) is 26.7 Å². The molecule has 1 rings (SSSR count). The highest BCUT2D eigenvalue weighted by Crippen LogP contribution is 2.21. The Morgan fingerprint density at radius 3 is 2.28 bits per heavy atom. The van der Waals surface area contributed by atoms with Crippen LogP contribution in [0.5, 0.6) is 5.75 Å². The number of nitrogens with zero attached hydrogens (tertiary/aromatic N) is 1. The van der Waals surface area contributed by atoms with Gasteiger partial charge in [-0.05, 0) is 44.7 Å². The van der Waals surface area contributed by atoms with E-state index in [0.29, 0.717) is 26.1 Å². The number of ether oxygens (including phenoxy) is 1. The maximum absolute atomic E-state index is 12.8. The normalized spacial score (nSPS) is 11.1. The Kier molecular flexibility index (Phi) is 8.46. The Morgan fingerprint density at radius 1 is 1.12 bits per heavy atom. The van der Waals surface area contributed by atoms with Crippen molar-refractivity contribution in [3.8, 4) is 5.75 Å². The summed E-state index contributed by atoms with van der Waals surface area (Å²) in [4.78, 5) is 27.1. The molecule has 0 bridgehead atoms. The summed E-state index contributed by atoms with van der Waals surface area (Å²) in [5.74, 6) is 0.472. The van der Waals surface area contributed by atoms with Gasteiger partial charge in [0, 0.05) is 19.6 Å². The van der Waals surface area contributed by atoms with Gasteiger partial charge in [-0.25, -0.2) is 0 Å². The van der Waals surface area contributed by atoms with Crippen LogP contribution in [-0.4, -0.2) is 43.5 Å². The Bertz CT molecular complexity index is 564. The average molecular weight is 348 g/mol. The fourth-order valence-electron chi connectivity index (χ4n) is 2.79. The highest BCUT2D eigenvalue weighted by molar-refractivity contribution is 6.04. The number of para-hydroxylation sites is 1. The van der Waals surface area contributed by atoms with E-state index in [1.54, 1.807) is 25.9 Å². The van der Waals surface area contributed by atoms with Crippen LogP contribution in [-0.2, 0) is 16.0 Å². The Balaban J connectivity index is 2.66. The summed E-state index contributed by atoms with van der Waals surface area (Å²) in [6, 6.07) is 7.74. The van der Waals surface area contributed by atoms with Gasteiger partial charge >= 0.3 is 0 Å². The molecule has 1 aromatic rings. The largest absolute Gasteiger partial charge is 0.496 e. The molecule has 0 heterocycles. The summed E-state index contributed by atoms with van der Waals surface area (Å²) in [6.45, 7) is 9.32. The van der Waals surface area contributed by atoms with Crippen LogP contribution in [0.3, 0.4) is 0 Å². The Hall–Kier alpha value is -2.04. The molecule has 0 fully saturated rings. The molecule has 140 valence electrons. The number of carbonyl (C=O) groups excluding carboxylic acids is 2. The minimum absolute atomic E-state index is 0.106. The standard InChI is InChI=1S/C20H32N2O3/c1-6-14-22(15-7-2)19(24)20(3,4)18(23)21-13-12-16-10-8-9-11-17(16)25-5/h8-11H,6-7,12-15H2,1-5H3,(H,21,23). The summed E-state index contributed by atoms with van der Waals surface area (Å²) in [5, 5.41) is 2.90. The maximum Gasteiger partial charge on any atom is 0.237 e. The molecular formula is C20H32N2O3. The number of nitrogens with one attached hydrogen (secondary N) is 1. The molecule has 1 aromatic carbocycles. The summed E-state index contributed by atoms with van der Waals surface area (Å²) in [5.41, 5.74) is -0.0292. The van der Waals surface area contributed by atoms with Crippen molar-refractivity contribution in [2.24, 2.45) is 5.41 Å². The third-order valence-corrected chi connectivity index (χ3v) is 4.25. The smallest absolute Gasteiger partial charge is 0.237 e. The number of carbonyl (C=O) groups is 2. The van der Waals surface area contributed by atoms with Gasteiger partial charge in [0.25, 0.3) is 0 Å². The van der Waals surface area contributed by atoms with Crippen molar-refractivity contribution in [3.05, 3.63) is 29.8 Å². The Morgan fingerprint density at radius 2 is 1.72 bits per heavy atom. The molecule has 0 atom stereocenters. The lowest BCUT2D eigenvalue weighted by Gasteiger charge is -2.30. The average Bonchev–Trinajstić information content (AvgIpc) is 2.61. The third-order valence-electron chi connectivity index (χ3n) is 4.25. The van der Waals surface area contributed by atoms with Crippen molar-refractivity contribution in [1.82, 2.24) is 10.2 Å². The van der Waals surface area contributed by atoms with Gasteiger partial charge in [0.05, 0.1) is 7.11 Å². The number of hydrogen-bond donors (Lipinski definition) is 1. The van der Waals surface area contributed by atoms with E-state index in [-0.39, 0.29) is 11.8 Å². The lowest BCUT2D eigenvalue weighted by molar-refractivity contribution is -0.148. The predicted octanol–water partition coefficient (Wildman–Crippen LogP) is 3.03. The van der Waals surface area contributed by atoms with Crippen LogP contribution in [0, 0.1) is 5.41 Å². The molecule has 2 amide bonds. The fraction of sp³-hybridized carbons (Fsp3) is 0.600. The number of methoxy groups -OCH3 is 1. The van der Waals surface area contributed by atoms with Crippen LogP contribution >= 0.6 is 0 Å². The number of rotatable bonds is 10. The van der Waals surface area contributed by atoms with Crippen LogP contribution in [0.1, 0.15) is 46.1 Å². The molecule has 0 saturated carbocycles. The van der Waals surface area contributed by atoms with Crippen molar-refractivity contribution in [1.29, 1.82) is 0 Å². The van der Waals surface area contributed by atoms with Crippen molar-refractivity contribution < 1.29 is 14.3 Å². The topological polar surface area (TPSA) is 58.6 Å². The minimum atomic E-state index is -1.06. The molecule has 0 aromatic heterocycles. The molecule has 0 radical (unpaired) electrons. The van der Waals surface area contributed by atoms with Gasteiger partial charge in [-0.2, -0.15) is 0 Å². The van der Waals surface area contributed by atoms with Crippen molar-refractivity contribution in [3.63, 3.8) is 0 Å². The van der Waals surface area contributed by atoms with Gasteiger partial charge in [-0.3, -0.25) is 9.59 Å². The van der Waals surface area contributed by atoms with E-state index >= 15 is 0 Å². The minimum Gasteiger partial charge on any atom is -0.496 e. The zero-order valence-electron chi connectivity index (χ0n) is 16.2. The lowest BCUT2D eigenvalue weighted by atomic mass is 9.90. The van der Waals surface area contributed by atoms with Crippen molar-refractivity contribution in [2.45, 2.75) is 47.0 Å². The fourth-order valence-corrected chi connectivity index (χ4v) is 2.79. The number of hydrogen-bond acceptors (Lipinski definition) is 3. The molecule has 0 saturated heterocycles. The van der Waals surface area contributed by atoms with Gasteiger partial charge in [-0.1, -0.05) is 32.0 Å². The van der Waals surface area contributed by atoms with Crippen LogP contribution in [0.25, 0.3) is 0 Å². The van der Waals surface area contributed by atoms with Crippen LogP contribution in [0.15, 0.2) is 24.3 Å². The third kappa shape index (κ3) is 5.76. The SMILES string of the molecule is CCCN(CCC)C(=O)C(C)(C)C(=O)NCCc1ccccc1OC. The first-order chi connectivity index (χ1) is 11.9. The number of benzene rings is 1. The van der Waals surface area contributed by atoms with Crippen LogP contribution < -0.4 is 10.1 Å². The van der Waals surface area contributed by atoms with E-state index in [4.69, 9.17) is 4.74 Å². The molecule has 5 heteroatoms. The lowest BCUT2D eigenvalue weighted by Crippen LogP contribution is -2.50. The number of amides is 2. The highest BCUT2D eigenvalue weighted by atomic mass is 16.5. The van der Waals surface area contributed by atoms with E-state index in [0.717, 1.165) is 24.2 Å². The van der Waals surface area contributed by atoms with Gasteiger partial charge in [0.2, 0.25) is 11.8 Å². The second kappa shape index (κ2) is 10.1. The van der Waals surface area contributed by atoms with Crippen LogP contribution in [0.4, 0.5) is 0 Å². The second-order valence-electron chi connectivity index (χ2n) is 6.73. The predicted molar refractivity (Wildman–Crippen MR) is 101 cm³/mol. The molecule has 0 unspecified atom stereocenters. The highest BCUT2D eigenvalue weighted by Gasteiger charge is 2.38. The second-order valence-corrected chi connectivity index (χ2v) is 6.73. The van der Waals surface area contributed by atoms with Crippen LogP contribution in [0.2, 0.25) is 0 Å². The first-order valence-electron chi connectivity index (χ1n) is 9.08. The van der Waals surface area contributed by atoms with E-state index < -0.39 is 5.41 Å². The maximum atomic E-state index is 12.8. The zero-order valence-corrected chi connectivity index (χ0v) is 16.2. The molecule has 25 heavy (non-hydrogen) atoms.